The van der Waals surface area contributed by atoms with Gasteiger partial charge in [0.05, 0.1) is 30.8 Å². The van der Waals surface area contributed by atoms with Crippen molar-refractivity contribution in [2.45, 2.75) is 50.6 Å². The van der Waals surface area contributed by atoms with Crippen LogP contribution in [0.25, 0.3) is 0 Å². The van der Waals surface area contributed by atoms with Gasteiger partial charge in [-0.3, -0.25) is 9.59 Å². The number of amides is 3. The third kappa shape index (κ3) is 8.66. The van der Waals surface area contributed by atoms with Crippen molar-refractivity contribution in [3.8, 4) is 28.7 Å². The summed E-state index contributed by atoms with van der Waals surface area (Å²) < 4.78 is 27.3. The van der Waals surface area contributed by atoms with E-state index >= 15 is 0 Å². The number of phenols is 1. The second-order valence-corrected chi connectivity index (χ2v) is 13.0. The number of aromatic hydroxyl groups is 1. The van der Waals surface area contributed by atoms with E-state index in [0.717, 1.165) is 7.11 Å². The zero-order chi connectivity index (χ0) is 36.2. The molecule has 3 aromatic rings. The number of hydrogen-bond donors (Lipinski definition) is 5. The second kappa shape index (κ2) is 15.2. The first-order valence-electron chi connectivity index (χ1n) is 14.6. The number of fused-ring (bicyclic) bond motifs is 9. The summed E-state index contributed by atoms with van der Waals surface area (Å²) in [5.41, 5.74) is -0.644. The normalized spacial score (nSPS) is 19.5. The summed E-state index contributed by atoms with van der Waals surface area (Å²) in [4.78, 5) is 54.2. The Morgan fingerprint density at radius 3 is 2.20 bits per heavy atom. The Balaban J connectivity index is 1.96. The number of benzene rings is 3. The molecular weight excluding hydrogens is 730 g/mol. The number of rotatable bonds is 5. The molecule has 0 saturated heterocycles. The number of esters is 1. The summed E-state index contributed by atoms with van der Waals surface area (Å²) in [5, 5.41) is 29.8. The molecule has 0 radical (unpaired) electrons. The number of methoxy groups -OCH3 is 3. The molecule has 0 fully saturated rings. The Labute approximate surface area is 295 Å². The van der Waals surface area contributed by atoms with Crippen molar-refractivity contribution in [3.05, 3.63) is 74.7 Å². The molecule has 5 N–H and O–H groups in total. The van der Waals surface area contributed by atoms with Gasteiger partial charge in [-0.05, 0) is 89.8 Å². The fraction of sp³-hybridized carbons (Fsp3) is 0.333. The van der Waals surface area contributed by atoms with Crippen LogP contribution in [0.4, 0.5) is 4.79 Å². The van der Waals surface area contributed by atoms with Gasteiger partial charge in [0.25, 0.3) is 0 Å². The minimum absolute atomic E-state index is 0.00516. The number of aliphatic hydroxyl groups excluding tert-OH is 1. The number of halogens is 2. The van der Waals surface area contributed by atoms with Crippen LogP contribution in [0, 0.1) is 0 Å². The molecule has 49 heavy (non-hydrogen) atoms. The van der Waals surface area contributed by atoms with E-state index in [9.17, 15) is 29.4 Å². The van der Waals surface area contributed by atoms with E-state index in [1.165, 1.54) is 62.8 Å². The van der Waals surface area contributed by atoms with Crippen LogP contribution >= 0.6 is 27.5 Å². The highest BCUT2D eigenvalue weighted by Crippen LogP contribution is 2.43. The van der Waals surface area contributed by atoms with E-state index in [1.807, 2.05) is 0 Å². The Morgan fingerprint density at radius 1 is 0.918 bits per heavy atom. The van der Waals surface area contributed by atoms with Gasteiger partial charge >= 0.3 is 12.1 Å². The monoisotopic (exact) mass is 763 g/mol. The maximum Gasteiger partial charge on any atom is 0.408 e. The average molecular weight is 765 g/mol. The van der Waals surface area contributed by atoms with Crippen LogP contribution in [0.15, 0.2) is 53.0 Å². The van der Waals surface area contributed by atoms with Gasteiger partial charge in [-0.25, -0.2) is 9.59 Å². The number of hydrogen-bond acceptors (Lipinski definition) is 11. The zero-order valence-electron chi connectivity index (χ0n) is 27.3. The Bertz CT molecular complexity index is 1760. The van der Waals surface area contributed by atoms with Crippen LogP contribution in [0.3, 0.4) is 0 Å². The molecule has 0 saturated carbocycles. The molecule has 5 rings (SSSR count). The van der Waals surface area contributed by atoms with E-state index in [4.69, 9.17) is 35.3 Å². The molecule has 0 aromatic heterocycles. The van der Waals surface area contributed by atoms with Crippen LogP contribution in [-0.2, 0) is 23.9 Å². The van der Waals surface area contributed by atoms with Crippen LogP contribution in [0.5, 0.6) is 28.7 Å². The average Bonchev–Trinajstić information content (AvgIpc) is 3.03. The first kappa shape index (κ1) is 37.1. The summed E-state index contributed by atoms with van der Waals surface area (Å²) in [5.74, 6) is -3.14. The minimum atomic E-state index is -1.68. The smallest absolute Gasteiger partial charge is 0.408 e. The van der Waals surface area contributed by atoms with Gasteiger partial charge in [-0.2, -0.15) is 0 Å². The van der Waals surface area contributed by atoms with E-state index in [0.29, 0.717) is 10.2 Å². The highest BCUT2D eigenvalue weighted by molar-refractivity contribution is 9.10. The van der Waals surface area contributed by atoms with Crippen LogP contribution < -0.4 is 30.2 Å². The van der Waals surface area contributed by atoms with Crippen molar-refractivity contribution < 1.29 is 53.1 Å². The second-order valence-electron chi connectivity index (χ2n) is 11.7. The number of nitrogens with one attached hydrogen (secondary N) is 3. The lowest BCUT2D eigenvalue weighted by molar-refractivity contribution is -0.149. The van der Waals surface area contributed by atoms with Gasteiger partial charge in [0, 0.05) is 0 Å². The van der Waals surface area contributed by atoms with E-state index in [1.54, 1.807) is 20.8 Å². The third-order valence-electron chi connectivity index (χ3n) is 7.16. The minimum Gasteiger partial charge on any atom is -0.504 e. The summed E-state index contributed by atoms with van der Waals surface area (Å²) in [6.45, 7) is 4.87. The molecule has 0 aliphatic carbocycles. The van der Waals surface area contributed by atoms with Crippen molar-refractivity contribution >= 4 is 51.4 Å². The Morgan fingerprint density at radius 2 is 1.61 bits per heavy atom. The molecule has 3 aromatic carbocycles. The molecule has 4 bridgehead atoms. The van der Waals surface area contributed by atoms with Crippen molar-refractivity contribution in [3.63, 3.8) is 0 Å². The lowest BCUT2D eigenvalue weighted by atomic mass is 9.99. The predicted molar refractivity (Wildman–Crippen MR) is 179 cm³/mol. The molecule has 2 heterocycles. The molecule has 14 nitrogen and oxygen atoms in total. The summed E-state index contributed by atoms with van der Waals surface area (Å²) in [6, 6.07) is 6.32. The van der Waals surface area contributed by atoms with Gasteiger partial charge in [-0.15, -0.1) is 0 Å². The maximum absolute atomic E-state index is 14.2. The SMILES string of the molecule is COC(=O)[C@@H]1NC(=O)[C@H](c2ccc(OC)c(Br)c2)NC(=O)[C@H](NC(=O)OC(C)(C)C)c2cc(O)c(OC)c(c2)Oc2ccc(cc2Cl)[C@@H]1O. The van der Waals surface area contributed by atoms with E-state index in [-0.39, 0.29) is 39.0 Å². The third-order valence-corrected chi connectivity index (χ3v) is 8.08. The fourth-order valence-corrected chi connectivity index (χ4v) is 5.68. The molecular formula is C33H35BrClN3O11. The van der Waals surface area contributed by atoms with Gasteiger partial charge in [0.1, 0.15) is 35.3 Å². The van der Waals surface area contributed by atoms with Gasteiger partial charge in [0.15, 0.2) is 17.5 Å². The quantitative estimate of drug-likeness (QED) is 0.226. The molecule has 3 amide bonds. The molecule has 4 atom stereocenters. The van der Waals surface area contributed by atoms with Crippen molar-refractivity contribution in [1.29, 1.82) is 0 Å². The molecule has 16 heteroatoms. The number of carbonyl (C=O) groups is 4. The molecule has 0 unspecified atom stereocenters. The predicted octanol–water partition coefficient (Wildman–Crippen LogP) is 4.75. The summed E-state index contributed by atoms with van der Waals surface area (Å²) >= 11 is 9.90. The number of alkyl carbamates (subject to hydrolysis) is 1. The molecule has 2 aliphatic rings. The van der Waals surface area contributed by atoms with Gasteiger partial charge in [-0.1, -0.05) is 23.7 Å². The number of carbonyl (C=O) groups excluding carboxylic acids is 4. The zero-order valence-corrected chi connectivity index (χ0v) is 29.6. The largest absolute Gasteiger partial charge is 0.504 e. The first-order valence-corrected chi connectivity index (χ1v) is 15.8. The summed E-state index contributed by atoms with van der Waals surface area (Å²) in [7, 11) is 3.80. The van der Waals surface area contributed by atoms with Gasteiger partial charge < -0.3 is 49.8 Å². The number of aliphatic hydroxyl groups is 1. The van der Waals surface area contributed by atoms with Crippen LogP contribution in [-0.4, -0.2) is 67.1 Å². The fourth-order valence-electron chi connectivity index (χ4n) is 4.89. The molecule has 2 aliphatic heterocycles. The lowest BCUT2D eigenvalue weighted by Gasteiger charge is -2.28. The molecule has 262 valence electrons. The molecule has 0 spiro atoms. The van der Waals surface area contributed by atoms with Crippen molar-refractivity contribution in [2.75, 3.05) is 21.3 Å². The van der Waals surface area contributed by atoms with Crippen molar-refractivity contribution in [2.24, 2.45) is 0 Å². The Kier molecular flexibility index (Phi) is 11.5. The van der Waals surface area contributed by atoms with E-state index < -0.39 is 59.5 Å². The van der Waals surface area contributed by atoms with Crippen LogP contribution in [0.2, 0.25) is 5.02 Å². The topological polar surface area (TPSA) is 191 Å². The Hall–Kier alpha value is -4.73. The van der Waals surface area contributed by atoms with Crippen LogP contribution in [0.1, 0.15) is 55.6 Å². The highest BCUT2D eigenvalue weighted by Gasteiger charge is 2.37. The standard InChI is InChI=1S/C33H35BrClN3O11/c1-33(2,3)49-32(44)38-25-17-13-20(39)28(46-5)23(14-17)48-22-10-8-16(12-19(22)35)27(40)26(31(43)47-6)37-29(41)24(36-30(25)42)15-7-9-21(45-4)18(34)11-15/h7-14,24-27,39-40H,1-6H3,(H,36,42)(H,37,41)(H,38,44)/t24-,25+,26+,27-/m0/s1. The lowest BCUT2D eigenvalue weighted by Crippen LogP contribution is -2.51. The number of ether oxygens (including phenoxy) is 5. The number of phenolic OH excluding ortho intramolecular Hbond substituents is 1. The first-order chi connectivity index (χ1) is 23.1. The highest BCUT2D eigenvalue weighted by atomic mass is 79.9. The van der Waals surface area contributed by atoms with E-state index in [2.05, 4.69) is 31.9 Å². The maximum atomic E-state index is 14.2. The van der Waals surface area contributed by atoms with Crippen molar-refractivity contribution in [1.82, 2.24) is 16.0 Å². The summed E-state index contributed by atoms with van der Waals surface area (Å²) in [6.07, 6.45) is -2.68. The van der Waals surface area contributed by atoms with Gasteiger partial charge in [0.2, 0.25) is 17.6 Å².